The van der Waals surface area contributed by atoms with Crippen molar-refractivity contribution in [3.8, 4) is 17.2 Å². The summed E-state index contributed by atoms with van der Waals surface area (Å²) < 4.78 is 0. The molecular weight excluding hydrogens is 420 g/mol. The molecule has 3 aromatic carbocycles. The Morgan fingerprint density at radius 1 is 0.941 bits per heavy atom. The largest absolute Gasteiger partial charge is 0.371 e. The Bertz CT molecular complexity index is 1100. The van der Waals surface area contributed by atoms with Crippen molar-refractivity contribution in [2.45, 2.75) is 25.8 Å². The van der Waals surface area contributed by atoms with Gasteiger partial charge in [-0.15, -0.1) is 0 Å². The van der Waals surface area contributed by atoms with Crippen molar-refractivity contribution in [2.75, 3.05) is 31.1 Å². The highest BCUT2D eigenvalue weighted by atomic mass is 16.1. The fourth-order valence-electron chi connectivity index (χ4n) is 4.48. The van der Waals surface area contributed by atoms with Crippen LogP contribution in [0.4, 0.5) is 5.69 Å². The van der Waals surface area contributed by atoms with Gasteiger partial charge in [0.25, 0.3) is 0 Å². The first kappa shape index (κ1) is 23.5. The fourth-order valence-corrected chi connectivity index (χ4v) is 4.48. The summed E-state index contributed by atoms with van der Waals surface area (Å²) in [5.41, 5.74) is 5.51. The molecule has 3 aromatic rings. The highest BCUT2D eigenvalue weighted by molar-refractivity contribution is 5.78. The van der Waals surface area contributed by atoms with Gasteiger partial charge in [-0.05, 0) is 54.6 Å². The van der Waals surface area contributed by atoms with Crippen LogP contribution in [0, 0.1) is 17.2 Å². The van der Waals surface area contributed by atoms with E-state index < -0.39 is 0 Å². The highest BCUT2D eigenvalue weighted by Gasteiger charge is 2.21. The zero-order valence-electron chi connectivity index (χ0n) is 19.5. The third-order valence-electron chi connectivity index (χ3n) is 6.48. The molecule has 0 saturated carbocycles. The molecule has 1 aliphatic rings. The number of piperidine rings is 1. The molecule has 1 aliphatic heterocycles. The van der Waals surface area contributed by atoms with Gasteiger partial charge in [0, 0.05) is 43.9 Å². The number of para-hydroxylation sites is 1. The van der Waals surface area contributed by atoms with Crippen molar-refractivity contribution in [1.29, 1.82) is 5.26 Å². The Labute approximate surface area is 202 Å². The summed E-state index contributed by atoms with van der Waals surface area (Å²) in [6.07, 6.45) is 2.78. The molecule has 1 saturated heterocycles. The number of nitrogens with zero attached hydrogens (tertiary/aromatic N) is 2. The van der Waals surface area contributed by atoms with E-state index >= 15 is 0 Å². The molecule has 4 rings (SSSR count). The molecule has 5 nitrogen and oxygen atoms in total. The summed E-state index contributed by atoms with van der Waals surface area (Å²) in [6.45, 7) is 4.25. The van der Waals surface area contributed by atoms with Gasteiger partial charge < -0.3 is 15.5 Å². The number of benzene rings is 3. The van der Waals surface area contributed by atoms with Crippen molar-refractivity contribution >= 4 is 11.6 Å². The van der Waals surface area contributed by atoms with Gasteiger partial charge in [0.2, 0.25) is 5.91 Å². The smallest absolute Gasteiger partial charge is 0.221 e. The molecular formula is C29H32N4O. The van der Waals surface area contributed by atoms with Crippen LogP contribution in [-0.2, 0) is 11.3 Å². The number of nitrogens with one attached hydrogen (secondary N) is 2. The summed E-state index contributed by atoms with van der Waals surface area (Å²) in [4.78, 5) is 14.6. The molecule has 2 N–H and O–H groups in total. The lowest BCUT2D eigenvalue weighted by Crippen LogP contribution is -2.38. The topological polar surface area (TPSA) is 68.2 Å². The van der Waals surface area contributed by atoms with E-state index in [2.05, 4.69) is 76.2 Å². The molecule has 0 bridgehead atoms. The minimum absolute atomic E-state index is 0.0456. The van der Waals surface area contributed by atoms with Gasteiger partial charge in [-0.1, -0.05) is 60.7 Å². The molecule has 0 unspecified atom stereocenters. The average molecular weight is 453 g/mol. The second-order valence-corrected chi connectivity index (χ2v) is 8.85. The number of carbonyl (C=O) groups is 1. The van der Waals surface area contributed by atoms with Crippen LogP contribution in [0.25, 0.3) is 11.1 Å². The van der Waals surface area contributed by atoms with E-state index in [1.807, 2.05) is 12.1 Å². The predicted octanol–water partition coefficient (Wildman–Crippen LogP) is 4.74. The summed E-state index contributed by atoms with van der Waals surface area (Å²) in [7, 11) is 0. The van der Waals surface area contributed by atoms with Crippen LogP contribution in [0.15, 0.2) is 78.9 Å². The maximum Gasteiger partial charge on any atom is 0.221 e. The minimum atomic E-state index is 0.0456. The third-order valence-corrected chi connectivity index (χ3v) is 6.48. The van der Waals surface area contributed by atoms with E-state index in [0.29, 0.717) is 31.0 Å². The molecule has 34 heavy (non-hydrogen) atoms. The molecule has 0 aromatic heterocycles. The zero-order chi connectivity index (χ0) is 23.6. The van der Waals surface area contributed by atoms with Crippen LogP contribution in [0.1, 0.15) is 30.4 Å². The number of nitriles is 1. The molecule has 1 amide bonds. The van der Waals surface area contributed by atoms with Gasteiger partial charge >= 0.3 is 0 Å². The Kier molecular flexibility index (Phi) is 8.32. The van der Waals surface area contributed by atoms with E-state index in [1.165, 1.54) is 16.8 Å². The summed E-state index contributed by atoms with van der Waals surface area (Å²) in [5.74, 6) is 0.686. The number of rotatable bonds is 9. The van der Waals surface area contributed by atoms with Gasteiger partial charge in [0.1, 0.15) is 0 Å². The molecule has 1 heterocycles. The first-order chi connectivity index (χ1) is 16.7. The molecule has 0 atom stereocenters. The van der Waals surface area contributed by atoms with E-state index in [0.717, 1.165) is 38.0 Å². The van der Waals surface area contributed by atoms with Gasteiger partial charge in [-0.2, -0.15) is 5.26 Å². The lowest BCUT2D eigenvalue weighted by molar-refractivity contribution is -0.121. The van der Waals surface area contributed by atoms with E-state index in [-0.39, 0.29) is 5.91 Å². The summed E-state index contributed by atoms with van der Waals surface area (Å²) in [6, 6.07) is 28.7. The number of carbonyl (C=O) groups excluding carboxylic acids is 1. The normalized spacial score (nSPS) is 13.9. The Morgan fingerprint density at radius 2 is 1.65 bits per heavy atom. The van der Waals surface area contributed by atoms with Gasteiger partial charge in [-0.3, -0.25) is 4.79 Å². The van der Waals surface area contributed by atoms with Crippen molar-refractivity contribution in [2.24, 2.45) is 5.92 Å². The van der Waals surface area contributed by atoms with E-state index in [4.69, 9.17) is 5.26 Å². The number of amides is 1. The van der Waals surface area contributed by atoms with E-state index in [1.54, 1.807) is 12.1 Å². The number of hydrogen-bond donors (Lipinski definition) is 2. The maximum atomic E-state index is 12.1. The van der Waals surface area contributed by atoms with Crippen LogP contribution < -0.4 is 15.5 Å². The maximum absolute atomic E-state index is 12.1. The first-order valence-corrected chi connectivity index (χ1v) is 12.1. The summed E-state index contributed by atoms with van der Waals surface area (Å²) >= 11 is 0. The van der Waals surface area contributed by atoms with Crippen LogP contribution >= 0.6 is 0 Å². The van der Waals surface area contributed by atoms with Gasteiger partial charge in [0.15, 0.2) is 0 Å². The van der Waals surface area contributed by atoms with Crippen LogP contribution in [0.5, 0.6) is 0 Å². The van der Waals surface area contributed by atoms with Crippen LogP contribution in [-0.4, -0.2) is 32.1 Å². The third kappa shape index (κ3) is 6.46. The fraction of sp³-hybridized carbons (Fsp3) is 0.310. The van der Waals surface area contributed by atoms with Gasteiger partial charge in [0.05, 0.1) is 11.6 Å². The summed E-state index contributed by atoms with van der Waals surface area (Å²) in [5, 5.41) is 15.3. The van der Waals surface area contributed by atoms with Crippen LogP contribution in [0.2, 0.25) is 0 Å². The molecule has 5 heteroatoms. The highest BCUT2D eigenvalue weighted by Crippen LogP contribution is 2.33. The molecule has 0 radical (unpaired) electrons. The number of anilines is 1. The predicted molar refractivity (Wildman–Crippen MR) is 137 cm³/mol. The Balaban J connectivity index is 1.16. The second-order valence-electron chi connectivity index (χ2n) is 8.85. The van der Waals surface area contributed by atoms with Crippen molar-refractivity contribution in [1.82, 2.24) is 10.6 Å². The van der Waals surface area contributed by atoms with Crippen molar-refractivity contribution in [3.05, 3.63) is 90.0 Å². The monoisotopic (exact) mass is 452 g/mol. The Hall–Kier alpha value is -3.62. The average Bonchev–Trinajstić information content (AvgIpc) is 2.91. The lowest BCUT2D eigenvalue weighted by atomic mass is 9.95. The minimum Gasteiger partial charge on any atom is -0.371 e. The molecule has 1 fully saturated rings. The van der Waals surface area contributed by atoms with E-state index in [9.17, 15) is 4.79 Å². The molecule has 174 valence electrons. The zero-order valence-corrected chi connectivity index (χ0v) is 19.5. The van der Waals surface area contributed by atoms with Gasteiger partial charge in [-0.25, -0.2) is 0 Å². The molecule has 0 spiro atoms. The first-order valence-electron chi connectivity index (χ1n) is 12.1. The molecule has 0 aliphatic carbocycles. The quantitative estimate of drug-likeness (QED) is 0.460. The standard InChI is InChI=1S/C29H32N4O/c30-20-23-10-12-24(13-11-23)22-32-29(34)14-17-31-21-25-15-18-33(19-16-25)28-9-5-4-8-27(28)26-6-2-1-3-7-26/h1-13,25,31H,14-19,21-22H2,(H,32,34). The van der Waals surface area contributed by atoms with Crippen LogP contribution in [0.3, 0.4) is 0 Å². The van der Waals surface area contributed by atoms with Crippen molar-refractivity contribution in [3.63, 3.8) is 0 Å². The second kappa shape index (κ2) is 12.0. The van der Waals surface area contributed by atoms with Crippen molar-refractivity contribution < 1.29 is 4.79 Å². The number of hydrogen-bond acceptors (Lipinski definition) is 4. The SMILES string of the molecule is N#Cc1ccc(CNC(=O)CCNCC2CCN(c3ccccc3-c3ccccc3)CC2)cc1. The lowest BCUT2D eigenvalue weighted by Gasteiger charge is -2.35. The Morgan fingerprint density at radius 3 is 2.38 bits per heavy atom.